The van der Waals surface area contributed by atoms with Crippen molar-refractivity contribution in [1.82, 2.24) is 30.2 Å². The second-order valence-corrected chi connectivity index (χ2v) is 24.0. The number of nitrogens with one attached hydrogen (secondary N) is 2. The fraction of sp³-hybridized carbons (Fsp3) is 0.632. The fourth-order valence-electron chi connectivity index (χ4n) is 10.3. The maximum atomic E-state index is 14.4. The average molecular weight is 1230 g/mol. The molecule has 3 saturated heterocycles. The molecule has 1 aromatic carbocycles. The number of imide groups is 1. The number of methoxy groups -OCH3 is 2. The van der Waals surface area contributed by atoms with Gasteiger partial charge in [-0.05, 0) is 70.2 Å². The lowest BCUT2D eigenvalue weighted by Gasteiger charge is -2.42. The van der Waals surface area contributed by atoms with Gasteiger partial charge in [0.05, 0.1) is 36.7 Å². The van der Waals surface area contributed by atoms with Crippen LogP contribution in [0.2, 0.25) is 5.02 Å². The Balaban J connectivity index is 1.03. The van der Waals surface area contributed by atoms with E-state index in [4.69, 9.17) is 44.8 Å². The van der Waals surface area contributed by atoms with Crippen molar-refractivity contribution in [2.75, 3.05) is 85.8 Å². The van der Waals surface area contributed by atoms with Gasteiger partial charge in [-0.3, -0.25) is 39.0 Å². The van der Waals surface area contributed by atoms with E-state index in [0.717, 1.165) is 47.1 Å². The second-order valence-electron chi connectivity index (χ2n) is 22.0. The summed E-state index contributed by atoms with van der Waals surface area (Å²) in [6.45, 7) is 6.70. The van der Waals surface area contributed by atoms with Crippen LogP contribution in [-0.2, 0) is 63.6 Å². The predicted molar refractivity (Wildman–Crippen MR) is 313 cm³/mol. The molecule has 11 atom stereocenters. The van der Waals surface area contributed by atoms with E-state index in [9.17, 15) is 48.3 Å². The number of thiol groups is 1. The van der Waals surface area contributed by atoms with E-state index in [2.05, 4.69) is 23.3 Å². The first kappa shape index (κ1) is 67.2. The topological polar surface area (TPSA) is 282 Å². The van der Waals surface area contributed by atoms with Crippen LogP contribution in [0.3, 0.4) is 0 Å². The normalized spacial score (nSPS) is 29.0. The first-order chi connectivity index (χ1) is 39.7. The second kappa shape index (κ2) is 29.9. The van der Waals surface area contributed by atoms with E-state index >= 15 is 0 Å². The van der Waals surface area contributed by atoms with E-state index in [1.165, 1.54) is 61.9 Å². The Labute approximate surface area is 504 Å². The van der Waals surface area contributed by atoms with Gasteiger partial charge in [-0.2, -0.15) is 12.6 Å². The van der Waals surface area contributed by atoms with Gasteiger partial charge in [-0.1, -0.05) is 66.6 Å². The third-order valence-electron chi connectivity index (χ3n) is 15.8. The van der Waals surface area contributed by atoms with Crippen LogP contribution in [0.4, 0.5) is 20.1 Å². The lowest BCUT2D eigenvalue weighted by molar-refractivity contribution is -0.162. The van der Waals surface area contributed by atoms with Crippen LogP contribution < -0.4 is 20.3 Å². The SMILES string of the molecule is COc1cc2cc(c1Cl)N(C)C(=O)C[C@H](OC(=O)[C@H](C)N(C)C(=O)CCSC(=O)N(C)CCN(C)C(=O)OC1/C=C/CCCCC1OCC(=O)NCCN1C(=O)CC(S)C1=O)[C@]1(C)O[C@H]1[C@H](C)[C@@H]1C[C@@](O)(NC(=O)O1)[C@H](OC)/C=C/C=C(\C)C2. The Morgan fingerprint density at radius 1 is 1.02 bits per heavy atom. The van der Waals surface area contributed by atoms with Crippen molar-refractivity contribution in [3.8, 4) is 5.75 Å². The van der Waals surface area contributed by atoms with E-state index in [1.54, 1.807) is 51.3 Å². The number of epoxide rings is 1. The zero-order chi connectivity index (χ0) is 61.8. The number of hydrogen-bond acceptors (Lipinski definition) is 19. The Morgan fingerprint density at radius 2 is 1.75 bits per heavy atom. The molecule has 8 amide bonds. The summed E-state index contributed by atoms with van der Waals surface area (Å²) < 4.78 is 41.2. The van der Waals surface area contributed by atoms with Gasteiger partial charge < -0.3 is 63.2 Å². The molecule has 1 aliphatic carbocycles. The number of aliphatic hydroxyl groups is 1. The van der Waals surface area contributed by atoms with Crippen molar-refractivity contribution in [2.45, 2.75) is 145 Å². The number of carbonyl (C=O) groups is 9. The molecule has 6 rings (SSSR count). The molecule has 5 aliphatic rings. The fourth-order valence-corrected chi connectivity index (χ4v) is 11.7. The Morgan fingerprint density at radius 3 is 2.44 bits per heavy atom. The molecule has 3 unspecified atom stereocenters. The molecule has 4 heterocycles. The molecule has 0 aromatic heterocycles. The Kier molecular flexibility index (Phi) is 24.0. The van der Waals surface area contributed by atoms with Gasteiger partial charge in [0.1, 0.15) is 53.4 Å². The molecule has 4 bridgehead atoms. The third-order valence-corrected chi connectivity index (χ3v) is 17.6. The summed E-state index contributed by atoms with van der Waals surface area (Å²) in [7, 11) is 8.89. The highest BCUT2D eigenvalue weighted by atomic mass is 35.5. The minimum absolute atomic E-state index is 0.0116. The first-order valence-electron chi connectivity index (χ1n) is 27.9. The zero-order valence-corrected chi connectivity index (χ0v) is 51.8. The molecule has 0 saturated carbocycles. The van der Waals surface area contributed by atoms with Crippen LogP contribution in [-0.4, -0.2) is 218 Å². The quantitative estimate of drug-likeness (QED) is 0.0383. The van der Waals surface area contributed by atoms with Crippen LogP contribution in [0.1, 0.15) is 84.6 Å². The highest BCUT2D eigenvalue weighted by molar-refractivity contribution is 8.13. The van der Waals surface area contributed by atoms with Crippen LogP contribution in [0, 0.1) is 5.92 Å². The summed E-state index contributed by atoms with van der Waals surface area (Å²) in [6.07, 6.45) is 4.49. The van der Waals surface area contributed by atoms with E-state index in [-0.39, 0.29) is 74.0 Å². The monoisotopic (exact) mass is 1230 g/mol. The molecule has 1 aromatic rings. The number of likely N-dealkylation sites (tertiary alicyclic amines) is 1. The maximum absolute atomic E-state index is 14.4. The zero-order valence-electron chi connectivity index (χ0n) is 49.3. The van der Waals surface area contributed by atoms with Gasteiger partial charge in [0.25, 0.3) is 5.24 Å². The number of halogens is 1. The summed E-state index contributed by atoms with van der Waals surface area (Å²) in [5.74, 6) is -3.31. The number of likely N-dealkylation sites (N-methyl/N-ethyl adjacent to an activating group) is 3. The molecule has 84 heavy (non-hydrogen) atoms. The lowest BCUT2D eigenvalue weighted by Crippen LogP contribution is -2.63. The number of esters is 1. The Bertz CT molecular complexity index is 2720. The number of allylic oxidation sites excluding steroid dienone is 4. The van der Waals surface area contributed by atoms with Crippen molar-refractivity contribution in [3.63, 3.8) is 0 Å². The molecule has 3 fully saturated rings. The van der Waals surface area contributed by atoms with Crippen LogP contribution in [0.15, 0.2) is 48.1 Å². The molecule has 0 radical (unpaired) electrons. The van der Waals surface area contributed by atoms with Crippen LogP contribution in [0.5, 0.6) is 5.75 Å². The maximum Gasteiger partial charge on any atom is 0.410 e. The number of ether oxygens (including phenoxy) is 7. The van der Waals surface area contributed by atoms with Gasteiger partial charge in [0.15, 0.2) is 5.72 Å². The molecule has 3 N–H and O–H groups in total. The van der Waals surface area contributed by atoms with Crippen molar-refractivity contribution >= 4 is 94.6 Å². The largest absolute Gasteiger partial charge is 0.495 e. The van der Waals surface area contributed by atoms with Gasteiger partial charge in [0, 0.05) is 92.4 Å². The van der Waals surface area contributed by atoms with Crippen molar-refractivity contribution in [1.29, 1.82) is 0 Å². The van der Waals surface area contributed by atoms with Gasteiger partial charge in [-0.15, -0.1) is 0 Å². The number of alkyl carbamates (subject to hydrolysis) is 1. The van der Waals surface area contributed by atoms with Crippen LogP contribution in [0.25, 0.3) is 0 Å². The molecular weight excluding hydrogens is 1150 g/mol. The summed E-state index contributed by atoms with van der Waals surface area (Å²) in [5.41, 5.74) is -1.26. The van der Waals surface area contributed by atoms with E-state index < -0.39 is 113 Å². The number of hydrogen-bond donors (Lipinski definition) is 4. The number of thioether (sulfide) groups is 1. The minimum atomic E-state index is -1.90. The number of amides is 8. The molecule has 27 heteroatoms. The smallest absolute Gasteiger partial charge is 0.410 e. The standard InChI is InChI=1S/C57H80ClN7O17S2/c1-33-16-15-19-43(77-10)57(75)31-41(79-53(72)60-57)34(2)50-56(4,82-50)44(30-47(68)64(8)37-27-36(26-33)28-40(76-9)49(37)58)81-52(71)35(3)63(7)46(67)20-25-84-55(74)62(6)24-23-61(5)54(73)80-39-18-14-12-11-13-17-38(39)78-32-45(66)59-21-22-65-48(69)29-42(83)51(65)70/h14-16,18-19,27-28,34-35,38-39,41-44,50,75,83H,11-13,17,20-26,29-32H2,1-10H3,(H,59,66)(H,60,72)/b18-14+,19-15+,33-16+/t34-,35+,38?,39?,41+,42?,43-,44+,50+,56+,57+/m1/s1. The summed E-state index contributed by atoms with van der Waals surface area (Å²) >= 11 is 11.8. The molecule has 24 nitrogen and oxygen atoms in total. The first-order valence-corrected chi connectivity index (χ1v) is 29.8. The predicted octanol–water partition coefficient (Wildman–Crippen LogP) is 4.82. The molecule has 464 valence electrons. The number of fused-ring (bicyclic) bond motifs is 5. The lowest BCUT2D eigenvalue weighted by atomic mass is 9.83. The number of carbonyl (C=O) groups excluding carboxylic acids is 9. The summed E-state index contributed by atoms with van der Waals surface area (Å²) in [4.78, 5) is 125. The number of rotatable bonds is 18. The number of nitrogens with zero attached hydrogens (tertiary/aromatic N) is 5. The third kappa shape index (κ3) is 17.2. The van der Waals surface area contributed by atoms with Crippen molar-refractivity contribution < 1.29 is 81.4 Å². The van der Waals surface area contributed by atoms with Crippen molar-refractivity contribution in [3.05, 3.63) is 58.7 Å². The number of anilines is 1. The number of benzene rings is 1. The summed E-state index contributed by atoms with van der Waals surface area (Å²) in [5, 5.41) is 16.1. The van der Waals surface area contributed by atoms with Crippen molar-refractivity contribution in [2.24, 2.45) is 5.92 Å². The Hall–Kier alpha value is -5.90. The minimum Gasteiger partial charge on any atom is -0.495 e. The highest BCUT2D eigenvalue weighted by Gasteiger charge is 2.64. The summed E-state index contributed by atoms with van der Waals surface area (Å²) in [6, 6.07) is 2.34. The highest BCUT2D eigenvalue weighted by Crippen LogP contribution is 2.49. The van der Waals surface area contributed by atoms with Gasteiger partial charge >= 0.3 is 18.2 Å². The average Bonchev–Trinajstić information content (AvgIpc) is 1.81. The van der Waals surface area contributed by atoms with Crippen LogP contribution >= 0.6 is 36.0 Å². The molecular formula is C57H80ClN7O17S2. The van der Waals surface area contributed by atoms with E-state index in [0.29, 0.717) is 24.3 Å². The van der Waals surface area contributed by atoms with E-state index in [1.807, 2.05) is 19.1 Å². The van der Waals surface area contributed by atoms with Gasteiger partial charge in [-0.25, -0.2) is 14.4 Å². The van der Waals surface area contributed by atoms with Gasteiger partial charge in [0.2, 0.25) is 29.5 Å². The molecule has 0 spiro atoms. The molecule has 4 aliphatic heterocycles.